The summed E-state index contributed by atoms with van der Waals surface area (Å²) < 4.78 is 38.5. The first-order valence-corrected chi connectivity index (χ1v) is 9.10. The minimum Gasteiger partial charge on any atom is -0.497 e. The van der Waals surface area contributed by atoms with E-state index in [0.717, 1.165) is 0 Å². The Kier molecular flexibility index (Phi) is 6.34. The van der Waals surface area contributed by atoms with Crippen LogP contribution < -0.4 is 9.47 Å². The highest BCUT2D eigenvalue weighted by molar-refractivity contribution is 9.08. The Morgan fingerprint density at radius 2 is 1.25 bits per heavy atom. The van der Waals surface area contributed by atoms with Crippen molar-refractivity contribution >= 4 is 37.6 Å². The van der Waals surface area contributed by atoms with Gasteiger partial charge in [-0.05, 0) is 12.1 Å². The first kappa shape index (κ1) is 18.9. The summed E-state index contributed by atoms with van der Waals surface area (Å²) in [5.74, 6) is -1.22. The lowest BCUT2D eigenvalue weighted by molar-refractivity contribution is 0.103. The Morgan fingerprint density at radius 3 is 1.54 bits per heavy atom. The third-order valence-corrected chi connectivity index (χ3v) is 4.69. The van der Waals surface area contributed by atoms with Crippen LogP contribution in [-0.4, -0.2) is 20.0 Å². The molecular formula is C17H14Br2F2O3. The summed E-state index contributed by atoms with van der Waals surface area (Å²) in [6, 6.07) is 5.28. The number of methoxy groups -OCH3 is 2. The number of carbonyl (C=O) groups is 1. The Hall–Kier alpha value is -1.47. The number of benzene rings is 2. The molecule has 0 amide bonds. The second-order valence-corrected chi connectivity index (χ2v) is 5.99. The van der Waals surface area contributed by atoms with Crippen molar-refractivity contribution < 1.29 is 23.0 Å². The van der Waals surface area contributed by atoms with Crippen molar-refractivity contribution in [3.05, 3.63) is 58.2 Å². The van der Waals surface area contributed by atoms with Crippen molar-refractivity contribution in [1.82, 2.24) is 0 Å². The molecule has 0 aliphatic rings. The zero-order chi connectivity index (χ0) is 17.9. The Balaban J connectivity index is 2.69. The first-order valence-electron chi connectivity index (χ1n) is 6.86. The number of ketones is 1. The van der Waals surface area contributed by atoms with Crippen LogP contribution in [-0.2, 0) is 10.7 Å². The van der Waals surface area contributed by atoms with Gasteiger partial charge in [0.2, 0.25) is 0 Å². The summed E-state index contributed by atoms with van der Waals surface area (Å²) in [5.41, 5.74) is 0.589. The summed E-state index contributed by atoms with van der Waals surface area (Å²) in [6.07, 6.45) is 0. The number of carbonyl (C=O) groups excluding carboxylic acids is 1. The van der Waals surface area contributed by atoms with Gasteiger partial charge in [-0.15, -0.1) is 0 Å². The van der Waals surface area contributed by atoms with Gasteiger partial charge in [0.25, 0.3) is 0 Å². The molecule has 0 bridgehead atoms. The average molecular weight is 464 g/mol. The third-order valence-electron chi connectivity index (χ3n) is 3.57. The number of hydrogen-bond donors (Lipinski definition) is 0. The smallest absolute Gasteiger partial charge is 0.194 e. The van der Waals surface area contributed by atoms with Gasteiger partial charge in [-0.25, -0.2) is 8.78 Å². The molecule has 0 heterocycles. The molecule has 24 heavy (non-hydrogen) atoms. The fourth-order valence-corrected chi connectivity index (χ4v) is 3.42. The fraction of sp³-hybridized carbons (Fsp3) is 0.235. The van der Waals surface area contributed by atoms with Gasteiger partial charge in [0.05, 0.1) is 14.2 Å². The van der Waals surface area contributed by atoms with E-state index in [-0.39, 0.29) is 44.4 Å². The van der Waals surface area contributed by atoms with Gasteiger partial charge in [0, 0.05) is 45.0 Å². The van der Waals surface area contributed by atoms with Crippen LogP contribution in [0.2, 0.25) is 0 Å². The molecule has 7 heteroatoms. The molecule has 0 saturated heterocycles. The SMILES string of the molecule is COc1cc(F)c(CBr)c(C(=O)c2cc(OC)cc(F)c2CBr)c1. The van der Waals surface area contributed by atoms with Crippen LogP contribution in [0.5, 0.6) is 11.5 Å². The van der Waals surface area contributed by atoms with Crippen LogP contribution >= 0.6 is 31.9 Å². The quantitative estimate of drug-likeness (QED) is 0.446. The lowest BCUT2D eigenvalue weighted by atomic mass is 9.95. The largest absolute Gasteiger partial charge is 0.497 e. The van der Waals surface area contributed by atoms with Crippen molar-refractivity contribution in [2.75, 3.05) is 14.2 Å². The van der Waals surface area contributed by atoms with E-state index in [2.05, 4.69) is 31.9 Å². The van der Waals surface area contributed by atoms with Gasteiger partial charge >= 0.3 is 0 Å². The lowest BCUT2D eigenvalue weighted by Crippen LogP contribution is -2.11. The average Bonchev–Trinajstić information content (AvgIpc) is 2.59. The minimum absolute atomic E-state index is 0.110. The van der Waals surface area contributed by atoms with Crippen LogP contribution in [0.15, 0.2) is 24.3 Å². The van der Waals surface area contributed by atoms with E-state index in [1.165, 1.54) is 38.5 Å². The molecule has 2 aromatic carbocycles. The van der Waals surface area contributed by atoms with Gasteiger partial charge in [0.1, 0.15) is 23.1 Å². The highest BCUT2D eigenvalue weighted by atomic mass is 79.9. The van der Waals surface area contributed by atoms with Gasteiger partial charge in [-0.1, -0.05) is 31.9 Å². The molecule has 3 nitrogen and oxygen atoms in total. The number of rotatable bonds is 6. The molecule has 0 aliphatic carbocycles. The molecule has 0 radical (unpaired) electrons. The molecule has 2 rings (SSSR count). The zero-order valence-electron chi connectivity index (χ0n) is 13.0. The van der Waals surface area contributed by atoms with Crippen LogP contribution in [0, 0.1) is 11.6 Å². The summed E-state index contributed by atoms with van der Waals surface area (Å²) in [5, 5.41) is 0.278. The topological polar surface area (TPSA) is 35.5 Å². The van der Waals surface area contributed by atoms with Crippen LogP contribution in [0.1, 0.15) is 27.0 Å². The molecule has 0 aliphatic heterocycles. The lowest BCUT2D eigenvalue weighted by Gasteiger charge is -2.14. The Bertz CT molecular complexity index is 715. The zero-order valence-corrected chi connectivity index (χ0v) is 16.1. The van der Waals surface area contributed by atoms with Gasteiger partial charge in [-0.3, -0.25) is 4.79 Å². The van der Waals surface area contributed by atoms with E-state index < -0.39 is 17.4 Å². The number of alkyl halides is 2. The van der Waals surface area contributed by atoms with Crippen molar-refractivity contribution in [3.8, 4) is 11.5 Å². The predicted molar refractivity (Wildman–Crippen MR) is 94.6 cm³/mol. The van der Waals surface area contributed by atoms with E-state index >= 15 is 0 Å². The summed E-state index contributed by atoms with van der Waals surface area (Å²) in [4.78, 5) is 13.0. The van der Waals surface area contributed by atoms with E-state index in [1.807, 2.05) is 0 Å². The summed E-state index contributed by atoms with van der Waals surface area (Å²) in [6.45, 7) is 0. The maximum absolute atomic E-state index is 14.2. The molecular weight excluding hydrogens is 450 g/mol. The normalized spacial score (nSPS) is 10.6. The number of hydrogen-bond acceptors (Lipinski definition) is 3. The van der Waals surface area contributed by atoms with Crippen molar-refractivity contribution in [3.63, 3.8) is 0 Å². The van der Waals surface area contributed by atoms with E-state index in [0.29, 0.717) is 0 Å². The second-order valence-electron chi connectivity index (χ2n) is 4.87. The molecule has 0 aromatic heterocycles. The fourth-order valence-electron chi connectivity index (χ4n) is 2.28. The van der Waals surface area contributed by atoms with E-state index in [4.69, 9.17) is 9.47 Å². The van der Waals surface area contributed by atoms with Crippen molar-refractivity contribution in [2.24, 2.45) is 0 Å². The van der Waals surface area contributed by atoms with Gasteiger partial charge < -0.3 is 9.47 Å². The second kappa shape index (κ2) is 8.07. The maximum Gasteiger partial charge on any atom is 0.194 e. The molecule has 0 fully saturated rings. The Morgan fingerprint density at radius 1 is 0.875 bits per heavy atom. The molecule has 2 aromatic rings. The molecule has 0 N–H and O–H groups in total. The summed E-state index contributed by atoms with van der Waals surface area (Å²) >= 11 is 6.37. The predicted octanol–water partition coefficient (Wildman–Crippen LogP) is 5.00. The van der Waals surface area contributed by atoms with Crippen molar-refractivity contribution in [1.29, 1.82) is 0 Å². The van der Waals surface area contributed by atoms with Crippen LogP contribution in [0.3, 0.4) is 0 Å². The monoisotopic (exact) mass is 462 g/mol. The molecule has 0 spiro atoms. The minimum atomic E-state index is -0.571. The van der Waals surface area contributed by atoms with Gasteiger partial charge in [-0.2, -0.15) is 0 Å². The molecule has 0 saturated carbocycles. The summed E-state index contributed by atoms with van der Waals surface area (Å²) in [7, 11) is 2.76. The molecule has 128 valence electrons. The maximum atomic E-state index is 14.2. The van der Waals surface area contributed by atoms with E-state index in [9.17, 15) is 13.6 Å². The third kappa shape index (κ3) is 3.62. The Labute approximate surface area is 155 Å². The van der Waals surface area contributed by atoms with E-state index in [1.54, 1.807) is 0 Å². The highest BCUT2D eigenvalue weighted by Gasteiger charge is 2.23. The first-order chi connectivity index (χ1) is 11.5. The van der Waals surface area contributed by atoms with Gasteiger partial charge in [0.15, 0.2) is 5.78 Å². The number of halogens is 4. The van der Waals surface area contributed by atoms with Crippen LogP contribution in [0.4, 0.5) is 8.78 Å². The molecule has 0 atom stereocenters. The number of ether oxygens (including phenoxy) is 2. The standard InChI is InChI=1S/C17H14Br2F2O3/c1-23-9-3-11(13(7-18)15(20)5-9)17(22)12-4-10(24-2)6-16(21)14(12)8-19/h3-6H,7-8H2,1-2H3. The molecule has 0 unspecified atom stereocenters. The van der Waals surface area contributed by atoms with Crippen molar-refractivity contribution in [2.45, 2.75) is 10.7 Å². The highest BCUT2D eigenvalue weighted by Crippen LogP contribution is 2.30. The van der Waals surface area contributed by atoms with Crippen LogP contribution in [0.25, 0.3) is 0 Å².